The second kappa shape index (κ2) is 6.79. The number of hydrogen-bond acceptors (Lipinski definition) is 2. The summed E-state index contributed by atoms with van der Waals surface area (Å²) in [5, 5.41) is 6.66. The van der Waals surface area contributed by atoms with Crippen molar-refractivity contribution in [3.63, 3.8) is 0 Å². The van der Waals surface area contributed by atoms with Crippen LogP contribution in [0.5, 0.6) is 0 Å². The fraction of sp³-hybridized carbons (Fsp3) is 0.429. The molecule has 98 valence electrons. The van der Waals surface area contributed by atoms with Crippen molar-refractivity contribution in [1.82, 2.24) is 5.43 Å². The molecule has 0 saturated carbocycles. The van der Waals surface area contributed by atoms with E-state index in [0.717, 1.165) is 11.3 Å². The third kappa shape index (κ3) is 4.57. The molecule has 0 radical (unpaired) electrons. The first-order chi connectivity index (χ1) is 8.50. The van der Waals surface area contributed by atoms with Crippen LogP contribution in [0.2, 0.25) is 0 Å². The number of carbonyl (C=O) groups is 1. The van der Waals surface area contributed by atoms with Crippen LogP contribution >= 0.6 is 0 Å². The zero-order valence-corrected chi connectivity index (χ0v) is 11.4. The highest BCUT2D eigenvalue weighted by Crippen LogP contribution is 2.23. The normalized spacial score (nSPS) is 11.2. The molecule has 0 spiro atoms. The van der Waals surface area contributed by atoms with Gasteiger partial charge in [-0.3, -0.25) is 0 Å². The van der Waals surface area contributed by atoms with Crippen LogP contribution in [0.1, 0.15) is 39.2 Å². The molecule has 0 aliphatic heterocycles. The van der Waals surface area contributed by atoms with Crippen molar-refractivity contribution >= 4 is 17.9 Å². The van der Waals surface area contributed by atoms with E-state index in [4.69, 9.17) is 0 Å². The third-order valence-electron chi connectivity index (χ3n) is 2.37. The number of nitrogens with one attached hydrogen (secondary N) is 2. The topological polar surface area (TPSA) is 53.5 Å². The summed E-state index contributed by atoms with van der Waals surface area (Å²) in [6, 6.07) is 7.45. The lowest BCUT2D eigenvalue weighted by Crippen LogP contribution is -2.25. The van der Waals surface area contributed by atoms with Gasteiger partial charge in [-0.2, -0.15) is 5.10 Å². The summed E-state index contributed by atoms with van der Waals surface area (Å²) in [4.78, 5) is 11.6. The van der Waals surface area contributed by atoms with Gasteiger partial charge in [0.05, 0.1) is 0 Å². The van der Waals surface area contributed by atoms with E-state index in [9.17, 15) is 4.79 Å². The van der Waals surface area contributed by atoms with Crippen molar-refractivity contribution in [2.45, 2.75) is 33.6 Å². The van der Waals surface area contributed by atoms with Crippen LogP contribution in [-0.2, 0) is 0 Å². The van der Waals surface area contributed by atoms with Crippen LogP contribution < -0.4 is 10.7 Å². The molecule has 4 heteroatoms. The molecule has 4 nitrogen and oxygen atoms in total. The minimum Gasteiger partial charge on any atom is -0.306 e. The van der Waals surface area contributed by atoms with E-state index in [1.165, 1.54) is 0 Å². The molecular weight excluding hydrogens is 226 g/mol. The Morgan fingerprint density at radius 2 is 1.89 bits per heavy atom. The van der Waals surface area contributed by atoms with Gasteiger partial charge < -0.3 is 5.32 Å². The largest absolute Gasteiger partial charge is 0.339 e. The third-order valence-corrected chi connectivity index (χ3v) is 2.37. The van der Waals surface area contributed by atoms with E-state index in [-0.39, 0.29) is 6.03 Å². The van der Waals surface area contributed by atoms with Crippen molar-refractivity contribution in [2.24, 2.45) is 11.0 Å². The molecule has 0 aliphatic rings. The molecule has 1 aromatic rings. The van der Waals surface area contributed by atoms with Crippen molar-refractivity contribution < 1.29 is 4.79 Å². The number of carbonyl (C=O) groups excluding carboxylic acids is 1. The minimum atomic E-state index is -0.319. The maximum absolute atomic E-state index is 11.6. The second-order valence-electron chi connectivity index (χ2n) is 4.83. The molecule has 0 atom stereocenters. The van der Waals surface area contributed by atoms with Crippen LogP contribution in [0.25, 0.3) is 0 Å². The van der Waals surface area contributed by atoms with Gasteiger partial charge in [0.15, 0.2) is 0 Å². The number of anilines is 1. The SMILES string of the molecule is CC(C)/C=N/NC(=O)Nc1ccccc1C(C)C. The molecule has 0 aromatic heterocycles. The fourth-order valence-electron chi connectivity index (χ4n) is 1.51. The van der Waals surface area contributed by atoms with Gasteiger partial charge in [0.25, 0.3) is 0 Å². The van der Waals surface area contributed by atoms with Gasteiger partial charge in [-0.05, 0) is 23.5 Å². The lowest BCUT2D eigenvalue weighted by atomic mass is 10.0. The molecule has 0 heterocycles. The Morgan fingerprint density at radius 1 is 1.22 bits per heavy atom. The molecule has 18 heavy (non-hydrogen) atoms. The Bertz CT molecular complexity index is 425. The van der Waals surface area contributed by atoms with Crippen LogP contribution in [0.15, 0.2) is 29.4 Å². The molecule has 1 rings (SSSR count). The van der Waals surface area contributed by atoms with E-state index in [1.54, 1.807) is 6.21 Å². The first kappa shape index (κ1) is 14.2. The van der Waals surface area contributed by atoms with Crippen LogP contribution in [-0.4, -0.2) is 12.2 Å². The smallest absolute Gasteiger partial charge is 0.306 e. The van der Waals surface area contributed by atoms with E-state index in [2.05, 4.69) is 29.7 Å². The van der Waals surface area contributed by atoms with Gasteiger partial charge >= 0.3 is 6.03 Å². The second-order valence-corrected chi connectivity index (χ2v) is 4.83. The molecule has 2 N–H and O–H groups in total. The highest BCUT2D eigenvalue weighted by atomic mass is 16.2. The molecular formula is C14H21N3O. The molecule has 2 amide bonds. The standard InChI is InChI=1S/C14H21N3O/c1-10(2)9-15-17-14(18)16-13-8-6-5-7-12(13)11(3)4/h5-11H,1-4H3,(H2,16,17,18)/b15-9+. The van der Waals surface area contributed by atoms with Gasteiger partial charge in [0.2, 0.25) is 0 Å². The highest BCUT2D eigenvalue weighted by molar-refractivity contribution is 5.90. The van der Waals surface area contributed by atoms with Crippen LogP contribution in [0.4, 0.5) is 10.5 Å². The Balaban J connectivity index is 2.65. The fourth-order valence-corrected chi connectivity index (χ4v) is 1.51. The summed E-state index contributed by atoms with van der Waals surface area (Å²) in [6.45, 7) is 8.18. The van der Waals surface area contributed by atoms with E-state index in [1.807, 2.05) is 38.1 Å². The Kier molecular flexibility index (Phi) is 5.36. The van der Waals surface area contributed by atoms with Gasteiger partial charge in [-0.15, -0.1) is 0 Å². The number of rotatable bonds is 4. The van der Waals surface area contributed by atoms with Crippen molar-refractivity contribution in [2.75, 3.05) is 5.32 Å². The number of hydrogen-bond donors (Lipinski definition) is 2. The van der Waals surface area contributed by atoms with Gasteiger partial charge in [-0.25, -0.2) is 10.2 Å². The predicted octanol–water partition coefficient (Wildman–Crippen LogP) is 3.57. The molecule has 0 aliphatic carbocycles. The summed E-state index contributed by atoms with van der Waals surface area (Å²) in [7, 11) is 0. The average molecular weight is 247 g/mol. The quantitative estimate of drug-likeness (QED) is 0.620. The number of urea groups is 1. The first-order valence-electron chi connectivity index (χ1n) is 6.19. The Hall–Kier alpha value is -1.84. The van der Waals surface area contributed by atoms with Crippen LogP contribution in [0, 0.1) is 5.92 Å². The van der Waals surface area contributed by atoms with Crippen LogP contribution in [0.3, 0.4) is 0 Å². The van der Waals surface area contributed by atoms with E-state index >= 15 is 0 Å². The Morgan fingerprint density at radius 3 is 2.50 bits per heavy atom. The lowest BCUT2D eigenvalue weighted by Gasteiger charge is -2.13. The zero-order valence-electron chi connectivity index (χ0n) is 11.4. The molecule has 0 saturated heterocycles. The van der Waals surface area contributed by atoms with E-state index in [0.29, 0.717) is 11.8 Å². The molecule has 0 bridgehead atoms. The molecule has 1 aromatic carbocycles. The maximum atomic E-state index is 11.6. The van der Waals surface area contributed by atoms with Crippen molar-refractivity contribution in [3.8, 4) is 0 Å². The number of nitrogens with zero attached hydrogens (tertiary/aromatic N) is 1. The number of benzene rings is 1. The highest BCUT2D eigenvalue weighted by Gasteiger charge is 2.07. The zero-order chi connectivity index (χ0) is 13.5. The molecule has 0 unspecified atom stereocenters. The van der Waals surface area contributed by atoms with Gasteiger partial charge in [-0.1, -0.05) is 45.9 Å². The lowest BCUT2D eigenvalue weighted by molar-refractivity contribution is 0.252. The van der Waals surface area contributed by atoms with Gasteiger partial charge in [0, 0.05) is 11.9 Å². The minimum absolute atomic E-state index is 0.313. The summed E-state index contributed by atoms with van der Waals surface area (Å²) in [5.74, 6) is 0.675. The monoisotopic (exact) mass is 247 g/mol. The van der Waals surface area contributed by atoms with Crippen molar-refractivity contribution in [3.05, 3.63) is 29.8 Å². The van der Waals surface area contributed by atoms with Crippen molar-refractivity contribution in [1.29, 1.82) is 0 Å². The number of hydrazone groups is 1. The summed E-state index contributed by atoms with van der Waals surface area (Å²) < 4.78 is 0. The summed E-state index contributed by atoms with van der Waals surface area (Å²) in [6.07, 6.45) is 1.69. The Labute approximate surface area is 108 Å². The molecule has 0 fully saturated rings. The number of para-hydroxylation sites is 1. The van der Waals surface area contributed by atoms with E-state index < -0.39 is 0 Å². The number of amides is 2. The first-order valence-corrected chi connectivity index (χ1v) is 6.19. The summed E-state index contributed by atoms with van der Waals surface area (Å²) in [5.41, 5.74) is 4.38. The average Bonchev–Trinajstić information content (AvgIpc) is 2.28. The summed E-state index contributed by atoms with van der Waals surface area (Å²) >= 11 is 0. The predicted molar refractivity (Wildman–Crippen MR) is 76.0 cm³/mol. The van der Waals surface area contributed by atoms with Gasteiger partial charge in [0.1, 0.15) is 0 Å². The maximum Gasteiger partial charge on any atom is 0.339 e.